The average Bonchev–Trinajstić information content (AvgIpc) is 2.42. The highest BCUT2D eigenvalue weighted by atomic mass is 16.5. The molecule has 0 atom stereocenters. The summed E-state index contributed by atoms with van der Waals surface area (Å²) < 4.78 is 15.6. The van der Waals surface area contributed by atoms with Crippen molar-refractivity contribution in [3.63, 3.8) is 0 Å². The lowest BCUT2D eigenvalue weighted by Crippen LogP contribution is -2.23. The Labute approximate surface area is 110 Å². The molecule has 0 aromatic rings. The van der Waals surface area contributed by atoms with Crippen molar-refractivity contribution < 1.29 is 19.0 Å². The van der Waals surface area contributed by atoms with Gasteiger partial charge in [0.2, 0.25) is 0 Å². The molecule has 0 spiro atoms. The van der Waals surface area contributed by atoms with Crippen molar-refractivity contribution in [3.8, 4) is 0 Å². The Bertz CT molecular complexity index is 212. The van der Waals surface area contributed by atoms with Crippen LogP contribution in [-0.4, -0.2) is 45.9 Å². The molecule has 1 aliphatic rings. The molecule has 0 amide bonds. The van der Waals surface area contributed by atoms with Crippen LogP contribution in [0, 0.1) is 5.92 Å². The summed E-state index contributed by atoms with van der Waals surface area (Å²) in [7, 11) is 1.68. The number of methoxy groups -OCH3 is 1. The fourth-order valence-electron chi connectivity index (χ4n) is 2.24. The molecule has 106 valence electrons. The van der Waals surface area contributed by atoms with Gasteiger partial charge in [0.15, 0.2) is 5.78 Å². The van der Waals surface area contributed by atoms with Crippen molar-refractivity contribution in [1.82, 2.24) is 0 Å². The summed E-state index contributed by atoms with van der Waals surface area (Å²) in [6, 6.07) is 0. The maximum atomic E-state index is 11.8. The monoisotopic (exact) mass is 258 g/mol. The number of Topliss-reactive ketones (excluding diaryl/α,β-unsaturated/α-hetero) is 1. The third-order valence-electron chi connectivity index (χ3n) is 3.31. The predicted octanol–water partition coefficient (Wildman–Crippen LogP) is 2.21. The second-order valence-corrected chi connectivity index (χ2v) is 4.81. The molecule has 0 heterocycles. The summed E-state index contributed by atoms with van der Waals surface area (Å²) in [4.78, 5) is 11.8. The number of hydrogen-bond acceptors (Lipinski definition) is 4. The van der Waals surface area contributed by atoms with Crippen molar-refractivity contribution in [1.29, 1.82) is 0 Å². The first kappa shape index (κ1) is 15.6. The summed E-state index contributed by atoms with van der Waals surface area (Å²) in [5, 5.41) is 0. The Kier molecular flexibility index (Phi) is 9.08. The topological polar surface area (TPSA) is 44.8 Å². The molecular formula is C14H26O4. The summed E-state index contributed by atoms with van der Waals surface area (Å²) in [5.74, 6) is 0.524. The number of ether oxygens (including phenoxy) is 3. The molecule has 1 rings (SSSR count). The smallest absolute Gasteiger partial charge is 0.161 e. The maximum Gasteiger partial charge on any atom is 0.161 e. The van der Waals surface area contributed by atoms with Crippen LogP contribution in [0.3, 0.4) is 0 Å². The van der Waals surface area contributed by atoms with Gasteiger partial charge in [-0.25, -0.2) is 0 Å². The maximum absolute atomic E-state index is 11.8. The van der Waals surface area contributed by atoms with E-state index in [1.54, 1.807) is 7.11 Å². The lowest BCUT2D eigenvalue weighted by molar-refractivity contribution is -0.129. The highest BCUT2D eigenvalue weighted by Crippen LogP contribution is 2.24. The minimum atomic E-state index is 0.251. The Morgan fingerprint density at radius 2 is 1.72 bits per heavy atom. The normalized spacial score (nSPS) is 16.9. The highest BCUT2D eigenvalue weighted by molar-refractivity contribution is 5.82. The molecule has 1 saturated carbocycles. The highest BCUT2D eigenvalue weighted by Gasteiger charge is 2.20. The van der Waals surface area contributed by atoms with E-state index in [1.807, 2.05) is 0 Å². The summed E-state index contributed by atoms with van der Waals surface area (Å²) in [6.07, 6.45) is 6.67. The first-order chi connectivity index (χ1) is 8.84. The summed E-state index contributed by atoms with van der Waals surface area (Å²) >= 11 is 0. The standard InChI is InChI=1S/C14H26O4/c1-16-8-5-9-17-10-11-18-12-14(15)13-6-3-2-4-7-13/h13H,2-12H2,1H3. The van der Waals surface area contributed by atoms with E-state index in [0.29, 0.717) is 19.8 Å². The molecule has 4 nitrogen and oxygen atoms in total. The number of hydrogen-bond donors (Lipinski definition) is 0. The van der Waals surface area contributed by atoms with Gasteiger partial charge in [0.25, 0.3) is 0 Å². The third-order valence-corrected chi connectivity index (χ3v) is 3.31. The second kappa shape index (κ2) is 10.5. The fourth-order valence-corrected chi connectivity index (χ4v) is 2.24. The van der Waals surface area contributed by atoms with Crippen LogP contribution in [0.1, 0.15) is 38.5 Å². The van der Waals surface area contributed by atoms with Gasteiger partial charge in [0, 0.05) is 26.2 Å². The van der Waals surface area contributed by atoms with Gasteiger partial charge in [-0.3, -0.25) is 4.79 Å². The predicted molar refractivity (Wildman–Crippen MR) is 69.7 cm³/mol. The van der Waals surface area contributed by atoms with Crippen molar-refractivity contribution in [2.75, 3.05) is 40.1 Å². The molecule has 0 aromatic heterocycles. The van der Waals surface area contributed by atoms with Crippen LogP contribution in [0.25, 0.3) is 0 Å². The quantitative estimate of drug-likeness (QED) is 0.564. The molecule has 1 aliphatic carbocycles. The van der Waals surface area contributed by atoms with E-state index >= 15 is 0 Å². The Balaban J connectivity index is 1.89. The van der Waals surface area contributed by atoms with E-state index in [4.69, 9.17) is 14.2 Å². The van der Waals surface area contributed by atoms with Gasteiger partial charge in [0.1, 0.15) is 6.61 Å². The number of carbonyl (C=O) groups is 1. The molecule has 0 saturated heterocycles. The minimum Gasteiger partial charge on any atom is -0.385 e. The van der Waals surface area contributed by atoms with E-state index in [0.717, 1.165) is 25.9 Å². The summed E-state index contributed by atoms with van der Waals surface area (Å²) in [5.41, 5.74) is 0. The van der Waals surface area contributed by atoms with Crippen LogP contribution in [0.15, 0.2) is 0 Å². The Morgan fingerprint density at radius 3 is 2.44 bits per heavy atom. The number of ketones is 1. The van der Waals surface area contributed by atoms with Crippen LogP contribution in [0.2, 0.25) is 0 Å². The van der Waals surface area contributed by atoms with Crippen molar-refractivity contribution in [2.24, 2.45) is 5.92 Å². The molecule has 0 aliphatic heterocycles. The van der Waals surface area contributed by atoms with Crippen LogP contribution in [0.5, 0.6) is 0 Å². The van der Waals surface area contributed by atoms with Gasteiger partial charge < -0.3 is 14.2 Å². The molecule has 4 heteroatoms. The molecule has 1 fully saturated rings. The zero-order chi connectivity index (χ0) is 13.1. The summed E-state index contributed by atoms with van der Waals surface area (Å²) in [6.45, 7) is 2.73. The van der Waals surface area contributed by atoms with E-state index < -0.39 is 0 Å². The van der Waals surface area contributed by atoms with E-state index in [2.05, 4.69) is 0 Å². The first-order valence-electron chi connectivity index (χ1n) is 7.01. The van der Waals surface area contributed by atoms with Crippen molar-refractivity contribution in [2.45, 2.75) is 38.5 Å². The molecular weight excluding hydrogens is 232 g/mol. The Morgan fingerprint density at radius 1 is 1.00 bits per heavy atom. The van der Waals surface area contributed by atoms with Gasteiger partial charge in [-0.1, -0.05) is 19.3 Å². The lowest BCUT2D eigenvalue weighted by Gasteiger charge is -2.20. The number of rotatable bonds is 10. The SMILES string of the molecule is COCCCOCCOCC(=O)C1CCCCC1. The van der Waals surface area contributed by atoms with E-state index in [-0.39, 0.29) is 18.3 Å². The van der Waals surface area contributed by atoms with Crippen molar-refractivity contribution in [3.05, 3.63) is 0 Å². The zero-order valence-corrected chi connectivity index (χ0v) is 11.5. The largest absolute Gasteiger partial charge is 0.385 e. The molecule has 0 radical (unpaired) electrons. The average molecular weight is 258 g/mol. The lowest BCUT2D eigenvalue weighted by atomic mass is 9.86. The zero-order valence-electron chi connectivity index (χ0n) is 11.5. The molecule has 18 heavy (non-hydrogen) atoms. The molecule has 0 bridgehead atoms. The van der Waals surface area contributed by atoms with Crippen LogP contribution >= 0.6 is 0 Å². The fraction of sp³-hybridized carbons (Fsp3) is 0.929. The molecule has 0 aromatic carbocycles. The minimum absolute atomic E-state index is 0.251. The number of carbonyl (C=O) groups excluding carboxylic acids is 1. The van der Waals surface area contributed by atoms with Crippen LogP contribution in [-0.2, 0) is 19.0 Å². The van der Waals surface area contributed by atoms with E-state index in [9.17, 15) is 4.79 Å². The third kappa shape index (κ3) is 7.09. The van der Waals surface area contributed by atoms with Gasteiger partial charge in [0.05, 0.1) is 13.2 Å². The van der Waals surface area contributed by atoms with Crippen LogP contribution < -0.4 is 0 Å². The van der Waals surface area contributed by atoms with Gasteiger partial charge in [-0.2, -0.15) is 0 Å². The van der Waals surface area contributed by atoms with E-state index in [1.165, 1.54) is 19.3 Å². The second-order valence-electron chi connectivity index (χ2n) is 4.81. The van der Waals surface area contributed by atoms with Crippen LogP contribution in [0.4, 0.5) is 0 Å². The van der Waals surface area contributed by atoms with Crippen molar-refractivity contribution >= 4 is 5.78 Å². The van der Waals surface area contributed by atoms with Gasteiger partial charge in [-0.05, 0) is 19.3 Å². The van der Waals surface area contributed by atoms with Gasteiger partial charge in [-0.15, -0.1) is 0 Å². The van der Waals surface area contributed by atoms with Gasteiger partial charge >= 0.3 is 0 Å². The Hall–Kier alpha value is -0.450. The first-order valence-corrected chi connectivity index (χ1v) is 7.01. The molecule has 0 N–H and O–H groups in total. The molecule has 0 unspecified atom stereocenters.